The lowest BCUT2D eigenvalue weighted by molar-refractivity contribution is -0.125. The van der Waals surface area contributed by atoms with Crippen LogP contribution >= 0.6 is 0 Å². The van der Waals surface area contributed by atoms with Crippen molar-refractivity contribution in [3.05, 3.63) is 30.4 Å². The summed E-state index contributed by atoms with van der Waals surface area (Å²) in [6, 6.07) is 5.26. The van der Waals surface area contributed by atoms with E-state index < -0.39 is 0 Å². The van der Waals surface area contributed by atoms with Gasteiger partial charge in [-0.3, -0.25) is 9.69 Å². The van der Waals surface area contributed by atoms with Crippen LogP contribution in [0.4, 0.5) is 5.69 Å². The zero-order valence-electron chi connectivity index (χ0n) is 14.4. The van der Waals surface area contributed by atoms with Gasteiger partial charge in [0.2, 0.25) is 5.91 Å². The maximum absolute atomic E-state index is 12.9. The highest BCUT2D eigenvalue weighted by Crippen LogP contribution is 2.45. The van der Waals surface area contributed by atoms with Crippen LogP contribution in [0.1, 0.15) is 13.8 Å². The highest BCUT2D eigenvalue weighted by Gasteiger charge is 2.53. The number of benzene rings is 1. The van der Waals surface area contributed by atoms with Gasteiger partial charge in [-0.2, -0.15) is 0 Å². The van der Waals surface area contributed by atoms with E-state index in [0.29, 0.717) is 11.5 Å². The number of rotatable bonds is 5. The third-order valence-electron chi connectivity index (χ3n) is 4.54. The maximum Gasteiger partial charge on any atom is 0.233 e. The molecule has 0 radical (unpaired) electrons. The molecule has 1 fully saturated rings. The van der Waals surface area contributed by atoms with Crippen molar-refractivity contribution in [2.45, 2.75) is 32.1 Å². The molecule has 1 aromatic carbocycles. The molecule has 6 heteroatoms. The van der Waals surface area contributed by atoms with Crippen molar-refractivity contribution in [2.24, 2.45) is 5.92 Å². The highest BCUT2D eigenvalue weighted by molar-refractivity contribution is 6.01. The number of fused-ring (bicyclic) bond motifs is 3. The summed E-state index contributed by atoms with van der Waals surface area (Å²) < 4.78 is 22.3. The second-order valence-electron chi connectivity index (χ2n) is 5.97. The van der Waals surface area contributed by atoms with Crippen LogP contribution in [0.15, 0.2) is 30.4 Å². The Kier molecular flexibility index (Phi) is 4.78. The normalized spacial score (nSPS) is 28.7. The SMILES string of the molecule is C/C=C/[C@@H]1Oc2ccc(OC)cc2N2C(=O)[C@H](C)[C@@H](OCOC)[C@@H]12. The zero-order chi connectivity index (χ0) is 17.3. The predicted octanol–water partition coefficient (Wildman–Crippen LogP) is 2.37. The summed E-state index contributed by atoms with van der Waals surface area (Å²) in [5.41, 5.74) is 0.723. The Labute approximate surface area is 141 Å². The molecule has 0 bridgehead atoms. The first-order chi connectivity index (χ1) is 11.6. The smallest absolute Gasteiger partial charge is 0.233 e. The van der Waals surface area contributed by atoms with Crippen molar-refractivity contribution in [1.82, 2.24) is 0 Å². The van der Waals surface area contributed by atoms with E-state index in [4.69, 9.17) is 18.9 Å². The minimum atomic E-state index is -0.307. The van der Waals surface area contributed by atoms with Crippen molar-refractivity contribution in [3.63, 3.8) is 0 Å². The predicted molar refractivity (Wildman–Crippen MR) is 89.4 cm³/mol. The fraction of sp³-hybridized carbons (Fsp3) is 0.500. The molecule has 24 heavy (non-hydrogen) atoms. The Hall–Kier alpha value is -2.05. The molecule has 1 amide bonds. The van der Waals surface area contributed by atoms with Crippen molar-refractivity contribution in [2.75, 3.05) is 25.9 Å². The van der Waals surface area contributed by atoms with Gasteiger partial charge in [0.05, 0.1) is 24.8 Å². The summed E-state index contributed by atoms with van der Waals surface area (Å²) in [5.74, 6) is 1.09. The summed E-state index contributed by atoms with van der Waals surface area (Å²) in [4.78, 5) is 14.7. The number of methoxy groups -OCH3 is 2. The molecule has 2 heterocycles. The number of hydrogen-bond donors (Lipinski definition) is 0. The lowest BCUT2D eigenvalue weighted by Crippen LogP contribution is -2.51. The lowest BCUT2D eigenvalue weighted by atomic mass is 9.97. The van der Waals surface area contributed by atoms with Crippen LogP contribution < -0.4 is 14.4 Å². The molecule has 2 aliphatic rings. The molecule has 1 aromatic rings. The molecular formula is C18H23NO5. The van der Waals surface area contributed by atoms with Crippen molar-refractivity contribution >= 4 is 11.6 Å². The summed E-state index contributed by atoms with van der Waals surface area (Å²) in [7, 11) is 3.17. The molecular weight excluding hydrogens is 310 g/mol. The Bertz CT molecular complexity index is 644. The Balaban J connectivity index is 2.06. The van der Waals surface area contributed by atoms with Gasteiger partial charge in [0.1, 0.15) is 30.4 Å². The molecule has 130 valence electrons. The fourth-order valence-electron chi connectivity index (χ4n) is 3.42. The van der Waals surface area contributed by atoms with Gasteiger partial charge in [-0.25, -0.2) is 0 Å². The molecule has 0 aliphatic carbocycles. The number of anilines is 1. The number of nitrogens with zero attached hydrogens (tertiary/aromatic N) is 1. The number of hydrogen-bond acceptors (Lipinski definition) is 5. The molecule has 0 saturated carbocycles. The number of carbonyl (C=O) groups excluding carboxylic acids is 1. The first-order valence-electron chi connectivity index (χ1n) is 8.03. The van der Waals surface area contributed by atoms with Gasteiger partial charge in [0.25, 0.3) is 0 Å². The first-order valence-corrected chi connectivity index (χ1v) is 8.03. The van der Waals surface area contributed by atoms with Crippen LogP contribution in [0.5, 0.6) is 11.5 Å². The monoisotopic (exact) mass is 333 g/mol. The van der Waals surface area contributed by atoms with Gasteiger partial charge in [-0.05, 0) is 25.1 Å². The van der Waals surface area contributed by atoms with E-state index in [1.807, 2.05) is 44.2 Å². The van der Waals surface area contributed by atoms with E-state index in [2.05, 4.69) is 0 Å². The summed E-state index contributed by atoms with van der Waals surface area (Å²) in [6.45, 7) is 3.95. The molecule has 0 N–H and O–H groups in total. The topological polar surface area (TPSA) is 57.2 Å². The minimum Gasteiger partial charge on any atom is -0.497 e. The van der Waals surface area contributed by atoms with Gasteiger partial charge in [-0.1, -0.05) is 13.0 Å². The second kappa shape index (κ2) is 6.83. The van der Waals surface area contributed by atoms with Crippen LogP contribution in [0, 0.1) is 5.92 Å². The van der Waals surface area contributed by atoms with Gasteiger partial charge in [0, 0.05) is 13.2 Å². The van der Waals surface area contributed by atoms with Crippen LogP contribution in [0.2, 0.25) is 0 Å². The van der Waals surface area contributed by atoms with Gasteiger partial charge in [-0.15, -0.1) is 0 Å². The Morgan fingerprint density at radius 3 is 2.79 bits per heavy atom. The van der Waals surface area contributed by atoms with Gasteiger partial charge < -0.3 is 18.9 Å². The number of carbonyl (C=O) groups is 1. The quantitative estimate of drug-likeness (QED) is 0.612. The van der Waals surface area contributed by atoms with Gasteiger partial charge in [0.15, 0.2) is 0 Å². The zero-order valence-corrected chi connectivity index (χ0v) is 14.4. The third-order valence-corrected chi connectivity index (χ3v) is 4.54. The number of allylic oxidation sites excluding steroid dienone is 1. The van der Waals surface area contributed by atoms with E-state index in [1.165, 1.54) is 0 Å². The van der Waals surface area contributed by atoms with E-state index in [-0.39, 0.29) is 36.9 Å². The largest absolute Gasteiger partial charge is 0.497 e. The third kappa shape index (κ3) is 2.65. The summed E-state index contributed by atoms with van der Waals surface area (Å²) >= 11 is 0. The Morgan fingerprint density at radius 1 is 1.33 bits per heavy atom. The molecule has 2 aliphatic heterocycles. The minimum absolute atomic E-state index is 0.0217. The molecule has 0 aromatic heterocycles. The lowest BCUT2D eigenvalue weighted by Gasteiger charge is -2.39. The van der Waals surface area contributed by atoms with Crippen molar-refractivity contribution in [3.8, 4) is 11.5 Å². The molecule has 1 saturated heterocycles. The first kappa shape index (κ1) is 16.8. The molecule has 4 atom stereocenters. The average molecular weight is 333 g/mol. The number of ether oxygens (including phenoxy) is 4. The standard InChI is InChI=1S/C18H23NO5/c1-5-6-15-16-17(23-10-21-3)11(2)18(20)19(16)13-9-12(22-4)7-8-14(13)24-15/h5-9,11,15-17H,10H2,1-4H3/b6-5+/t11-,15+,16-,17-/m1/s1. The number of amides is 1. The highest BCUT2D eigenvalue weighted by atomic mass is 16.7. The summed E-state index contributed by atoms with van der Waals surface area (Å²) in [5, 5.41) is 0. The maximum atomic E-state index is 12.9. The Morgan fingerprint density at radius 2 is 2.12 bits per heavy atom. The van der Waals surface area contributed by atoms with E-state index in [9.17, 15) is 4.79 Å². The van der Waals surface area contributed by atoms with Gasteiger partial charge >= 0.3 is 0 Å². The second-order valence-corrected chi connectivity index (χ2v) is 5.97. The van der Waals surface area contributed by atoms with Crippen LogP contribution in [-0.4, -0.2) is 45.2 Å². The van der Waals surface area contributed by atoms with E-state index in [0.717, 1.165) is 5.69 Å². The molecule has 6 nitrogen and oxygen atoms in total. The van der Waals surface area contributed by atoms with Crippen LogP contribution in [0.25, 0.3) is 0 Å². The average Bonchev–Trinajstić information content (AvgIpc) is 2.85. The molecule has 0 spiro atoms. The van der Waals surface area contributed by atoms with Crippen LogP contribution in [0.3, 0.4) is 0 Å². The molecule has 0 unspecified atom stereocenters. The molecule has 3 rings (SSSR count). The van der Waals surface area contributed by atoms with E-state index >= 15 is 0 Å². The van der Waals surface area contributed by atoms with Crippen molar-refractivity contribution in [1.29, 1.82) is 0 Å². The van der Waals surface area contributed by atoms with Crippen molar-refractivity contribution < 1.29 is 23.7 Å². The fourth-order valence-corrected chi connectivity index (χ4v) is 3.42. The van der Waals surface area contributed by atoms with E-state index in [1.54, 1.807) is 19.1 Å². The van der Waals surface area contributed by atoms with Crippen LogP contribution in [-0.2, 0) is 14.3 Å². The summed E-state index contributed by atoms with van der Waals surface area (Å²) in [6.07, 6.45) is 3.31.